The Morgan fingerprint density at radius 3 is 1.78 bits per heavy atom. The van der Waals surface area contributed by atoms with E-state index in [4.69, 9.17) is 0 Å². The van der Waals surface area contributed by atoms with Crippen LogP contribution in [0.3, 0.4) is 0 Å². The molecule has 0 unspecified atom stereocenters. The molecule has 0 radical (unpaired) electrons. The quantitative estimate of drug-likeness (QED) is 0.421. The minimum atomic E-state index is -0.497. The van der Waals surface area contributed by atoms with E-state index >= 15 is 0 Å². The van der Waals surface area contributed by atoms with Gasteiger partial charge in [0, 0.05) is 12.4 Å². The predicted octanol–water partition coefficient (Wildman–Crippen LogP) is -0.507. The molecule has 0 saturated heterocycles. The highest BCUT2D eigenvalue weighted by molar-refractivity contribution is 14.1. The Hall–Kier alpha value is -1.43. The Morgan fingerprint density at radius 2 is 1.39 bits per heavy atom. The number of aromatic amines is 4. The molecule has 0 amide bonds. The van der Waals surface area contributed by atoms with E-state index in [0.29, 0.717) is 8.04 Å². The first-order chi connectivity index (χ1) is 8.40. The number of aromatic nitrogens is 4. The molecular formula is C8H6BrIN4O4. The molecule has 2 rings (SSSR count). The molecule has 2 heterocycles. The van der Waals surface area contributed by atoms with Crippen LogP contribution in [0.4, 0.5) is 0 Å². The van der Waals surface area contributed by atoms with Gasteiger partial charge in [0.1, 0.15) is 0 Å². The van der Waals surface area contributed by atoms with Crippen molar-refractivity contribution in [2.24, 2.45) is 0 Å². The normalized spacial score (nSPS) is 9.44. The van der Waals surface area contributed by atoms with Gasteiger partial charge in [0.2, 0.25) is 0 Å². The lowest BCUT2D eigenvalue weighted by Gasteiger charge is -1.82. The first-order valence-electron chi connectivity index (χ1n) is 4.35. The van der Waals surface area contributed by atoms with Crippen LogP contribution in [-0.4, -0.2) is 19.9 Å². The maximum atomic E-state index is 10.6. The summed E-state index contributed by atoms with van der Waals surface area (Å²) in [6.45, 7) is 0. The van der Waals surface area contributed by atoms with Gasteiger partial charge in [0.15, 0.2) is 0 Å². The lowest BCUT2D eigenvalue weighted by Crippen LogP contribution is -2.22. The zero-order valence-electron chi connectivity index (χ0n) is 8.54. The second-order valence-electron chi connectivity index (χ2n) is 2.84. The summed E-state index contributed by atoms with van der Waals surface area (Å²) in [6, 6.07) is 0. The monoisotopic (exact) mass is 428 g/mol. The SMILES string of the molecule is O=c1[nH]cc(Br)c(=O)[nH]1.O=c1[nH]cc(I)c(=O)[nH]1. The van der Waals surface area contributed by atoms with Gasteiger partial charge in [0.05, 0.1) is 8.04 Å². The fourth-order valence-corrected chi connectivity index (χ4v) is 1.29. The molecular weight excluding hydrogens is 423 g/mol. The molecule has 0 fully saturated rings. The summed E-state index contributed by atoms with van der Waals surface area (Å²) in [7, 11) is 0. The van der Waals surface area contributed by atoms with E-state index in [1.807, 2.05) is 27.6 Å². The first kappa shape index (κ1) is 14.6. The Labute approximate surface area is 120 Å². The summed E-state index contributed by atoms with van der Waals surface area (Å²) in [5, 5.41) is 0. The highest BCUT2D eigenvalue weighted by atomic mass is 127. The highest BCUT2D eigenvalue weighted by Gasteiger charge is 1.91. The molecule has 4 N–H and O–H groups in total. The molecule has 0 aliphatic rings. The molecule has 0 aromatic carbocycles. The van der Waals surface area contributed by atoms with Gasteiger partial charge in [-0.05, 0) is 38.5 Å². The van der Waals surface area contributed by atoms with Crippen molar-refractivity contribution in [2.45, 2.75) is 0 Å². The van der Waals surface area contributed by atoms with Crippen LogP contribution in [-0.2, 0) is 0 Å². The van der Waals surface area contributed by atoms with Crippen LogP contribution in [0.2, 0.25) is 0 Å². The Balaban J connectivity index is 0.000000180. The highest BCUT2D eigenvalue weighted by Crippen LogP contribution is 1.93. The average molecular weight is 429 g/mol. The third-order valence-electron chi connectivity index (χ3n) is 1.55. The van der Waals surface area contributed by atoms with E-state index < -0.39 is 16.9 Å². The van der Waals surface area contributed by atoms with Crippen molar-refractivity contribution >= 4 is 38.5 Å². The molecule has 2 aromatic heterocycles. The van der Waals surface area contributed by atoms with Crippen molar-refractivity contribution < 1.29 is 0 Å². The van der Waals surface area contributed by atoms with Crippen LogP contribution in [0.25, 0.3) is 0 Å². The Kier molecular flexibility index (Phi) is 5.27. The van der Waals surface area contributed by atoms with Gasteiger partial charge in [-0.2, -0.15) is 0 Å². The van der Waals surface area contributed by atoms with Crippen LogP contribution in [0, 0.1) is 3.57 Å². The first-order valence-corrected chi connectivity index (χ1v) is 6.22. The molecule has 8 nitrogen and oxygen atoms in total. The van der Waals surface area contributed by atoms with Gasteiger partial charge in [-0.25, -0.2) is 9.59 Å². The third kappa shape index (κ3) is 4.44. The minimum Gasteiger partial charge on any atom is -0.313 e. The van der Waals surface area contributed by atoms with Gasteiger partial charge in [0.25, 0.3) is 11.1 Å². The summed E-state index contributed by atoms with van der Waals surface area (Å²) in [5.41, 5.74) is -1.73. The lowest BCUT2D eigenvalue weighted by atomic mass is 10.7. The summed E-state index contributed by atoms with van der Waals surface area (Å²) >= 11 is 4.74. The summed E-state index contributed by atoms with van der Waals surface area (Å²) in [5.74, 6) is 0. The van der Waals surface area contributed by atoms with Crippen molar-refractivity contribution in [3.8, 4) is 0 Å². The second-order valence-corrected chi connectivity index (χ2v) is 4.86. The Bertz CT molecular complexity index is 693. The van der Waals surface area contributed by atoms with E-state index in [9.17, 15) is 19.2 Å². The van der Waals surface area contributed by atoms with Crippen LogP contribution < -0.4 is 22.5 Å². The number of rotatable bonds is 0. The van der Waals surface area contributed by atoms with E-state index in [0.717, 1.165) is 0 Å². The van der Waals surface area contributed by atoms with Gasteiger partial charge < -0.3 is 9.97 Å². The van der Waals surface area contributed by atoms with E-state index in [-0.39, 0.29) is 5.56 Å². The number of nitrogens with one attached hydrogen (secondary N) is 4. The number of H-pyrrole nitrogens is 4. The molecule has 0 aliphatic heterocycles. The maximum Gasteiger partial charge on any atom is 0.325 e. The predicted molar refractivity (Wildman–Crippen MR) is 75.8 cm³/mol. The largest absolute Gasteiger partial charge is 0.325 e. The minimum absolute atomic E-state index is 0.321. The zero-order valence-corrected chi connectivity index (χ0v) is 12.3. The zero-order chi connectivity index (χ0) is 13.7. The third-order valence-corrected chi connectivity index (χ3v) is 2.94. The van der Waals surface area contributed by atoms with Crippen molar-refractivity contribution in [1.29, 1.82) is 0 Å². The number of hydrogen-bond acceptors (Lipinski definition) is 4. The van der Waals surface area contributed by atoms with E-state index in [1.54, 1.807) is 0 Å². The van der Waals surface area contributed by atoms with E-state index in [2.05, 4.69) is 30.9 Å². The molecule has 0 atom stereocenters. The Morgan fingerprint density at radius 1 is 0.889 bits per heavy atom. The lowest BCUT2D eigenvalue weighted by molar-refractivity contribution is 1.02. The molecule has 2 aromatic rings. The smallest absolute Gasteiger partial charge is 0.313 e. The van der Waals surface area contributed by atoms with Crippen LogP contribution in [0.15, 0.2) is 36.0 Å². The van der Waals surface area contributed by atoms with E-state index in [1.165, 1.54) is 12.4 Å². The summed E-state index contributed by atoms with van der Waals surface area (Å²) < 4.78 is 0.800. The van der Waals surface area contributed by atoms with Gasteiger partial charge in [-0.3, -0.25) is 19.6 Å². The second kappa shape index (κ2) is 6.49. The average Bonchev–Trinajstić information content (AvgIpc) is 2.30. The molecule has 10 heteroatoms. The molecule has 0 aliphatic carbocycles. The van der Waals surface area contributed by atoms with Gasteiger partial charge in [-0.15, -0.1) is 0 Å². The molecule has 0 spiro atoms. The van der Waals surface area contributed by atoms with Crippen molar-refractivity contribution in [3.05, 3.63) is 62.1 Å². The fraction of sp³-hybridized carbons (Fsp3) is 0. The van der Waals surface area contributed by atoms with Crippen LogP contribution in [0.5, 0.6) is 0 Å². The van der Waals surface area contributed by atoms with Gasteiger partial charge >= 0.3 is 11.4 Å². The summed E-state index contributed by atoms with van der Waals surface area (Å²) in [4.78, 5) is 50.4. The van der Waals surface area contributed by atoms with Crippen molar-refractivity contribution in [3.63, 3.8) is 0 Å². The van der Waals surface area contributed by atoms with Crippen LogP contribution in [0.1, 0.15) is 0 Å². The number of hydrogen-bond donors (Lipinski definition) is 4. The molecule has 96 valence electrons. The maximum absolute atomic E-state index is 10.6. The molecule has 0 bridgehead atoms. The molecule has 0 saturated carbocycles. The topological polar surface area (TPSA) is 131 Å². The fourth-order valence-electron chi connectivity index (χ4n) is 0.787. The number of halogens is 2. The van der Waals surface area contributed by atoms with Crippen LogP contribution >= 0.6 is 38.5 Å². The van der Waals surface area contributed by atoms with Crippen molar-refractivity contribution in [2.75, 3.05) is 0 Å². The molecule has 18 heavy (non-hydrogen) atoms. The summed E-state index contributed by atoms with van der Waals surface area (Å²) in [6.07, 6.45) is 2.66. The van der Waals surface area contributed by atoms with Gasteiger partial charge in [-0.1, -0.05) is 0 Å². The van der Waals surface area contributed by atoms with Crippen molar-refractivity contribution in [1.82, 2.24) is 19.9 Å². The standard InChI is InChI=1S/C4H3BrN2O2.C4H3IN2O2/c2*5-2-1-6-4(9)7-3(2)8/h2*1H,(H2,6,7,8,9).